The Hall–Kier alpha value is -1.09. The molecule has 0 spiro atoms. The zero-order valence-electron chi connectivity index (χ0n) is 11.4. The van der Waals surface area contributed by atoms with Gasteiger partial charge in [0.1, 0.15) is 0 Å². The molecule has 0 aliphatic heterocycles. The quantitative estimate of drug-likeness (QED) is 0.822. The number of pyridine rings is 1. The molecule has 0 fully saturated rings. The highest BCUT2D eigenvalue weighted by atomic mass is 16.1. The standard InChI is InChI=1S/C14H24N2O/c1-5-8-16-12(4)6-7-13(14(16)17)10-15-9-11(2)3/h6-7,11,15H,5,8-10H2,1-4H3. The van der Waals surface area contributed by atoms with Crippen LogP contribution in [0.4, 0.5) is 0 Å². The van der Waals surface area contributed by atoms with Crippen molar-refractivity contribution in [3.63, 3.8) is 0 Å². The highest BCUT2D eigenvalue weighted by Crippen LogP contribution is 2.00. The molecule has 0 aliphatic rings. The third kappa shape index (κ3) is 4.00. The number of aryl methyl sites for hydroxylation is 1. The predicted molar refractivity (Wildman–Crippen MR) is 72.3 cm³/mol. The van der Waals surface area contributed by atoms with E-state index in [2.05, 4.69) is 26.1 Å². The van der Waals surface area contributed by atoms with Crippen LogP contribution in [-0.4, -0.2) is 11.1 Å². The maximum Gasteiger partial charge on any atom is 0.255 e. The predicted octanol–water partition coefficient (Wildman–Crippen LogP) is 2.31. The Kier molecular flexibility index (Phi) is 5.42. The lowest BCUT2D eigenvalue weighted by Crippen LogP contribution is -2.29. The van der Waals surface area contributed by atoms with E-state index in [0.29, 0.717) is 12.5 Å². The lowest BCUT2D eigenvalue weighted by Gasteiger charge is -2.12. The third-order valence-corrected chi connectivity index (χ3v) is 2.79. The summed E-state index contributed by atoms with van der Waals surface area (Å²) < 4.78 is 1.87. The van der Waals surface area contributed by atoms with Gasteiger partial charge in [-0.1, -0.05) is 26.8 Å². The molecule has 0 unspecified atom stereocenters. The van der Waals surface area contributed by atoms with Gasteiger partial charge in [-0.15, -0.1) is 0 Å². The van der Waals surface area contributed by atoms with Crippen molar-refractivity contribution in [1.82, 2.24) is 9.88 Å². The number of hydrogen-bond acceptors (Lipinski definition) is 2. The molecule has 3 heteroatoms. The van der Waals surface area contributed by atoms with E-state index in [1.54, 1.807) is 0 Å². The molecular weight excluding hydrogens is 212 g/mol. The molecule has 1 N–H and O–H groups in total. The first-order valence-electron chi connectivity index (χ1n) is 6.46. The van der Waals surface area contributed by atoms with Crippen LogP contribution in [0.25, 0.3) is 0 Å². The maximum absolute atomic E-state index is 12.2. The van der Waals surface area contributed by atoms with Crippen molar-refractivity contribution in [3.05, 3.63) is 33.7 Å². The summed E-state index contributed by atoms with van der Waals surface area (Å²) in [6.07, 6.45) is 0.990. The molecule has 1 aromatic heterocycles. The van der Waals surface area contributed by atoms with Gasteiger partial charge in [0.2, 0.25) is 0 Å². The molecule has 0 radical (unpaired) electrons. The second-order valence-corrected chi connectivity index (χ2v) is 4.98. The monoisotopic (exact) mass is 236 g/mol. The van der Waals surface area contributed by atoms with Gasteiger partial charge in [-0.2, -0.15) is 0 Å². The van der Waals surface area contributed by atoms with Crippen molar-refractivity contribution >= 4 is 0 Å². The van der Waals surface area contributed by atoms with Crippen LogP contribution < -0.4 is 10.9 Å². The van der Waals surface area contributed by atoms with Gasteiger partial charge in [0.25, 0.3) is 5.56 Å². The van der Waals surface area contributed by atoms with Gasteiger partial charge in [-0.3, -0.25) is 4.79 Å². The summed E-state index contributed by atoms with van der Waals surface area (Å²) in [6, 6.07) is 3.97. The lowest BCUT2D eigenvalue weighted by atomic mass is 10.2. The van der Waals surface area contributed by atoms with E-state index < -0.39 is 0 Å². The normalized spacial score (nSPS) is 11.1. The van der Waals surface area contributed by atoms with Gasteiger partial charge in [-0.05, 0) is 31.9 Å². The smallest absolute Gasteiger partial charge is 0.255 e. The molecule has 1 heterocycles. The molecule has 1 rings (SSSR count). The average Bonchev–Trinajstić information content (AvgIpc) is 2.27. The number of nitrogens with one attached hydrogen (secondary N) is 1. The van der Waals surface area contributed by atoms with Crippen molar-refractivity contribution in [2.45, 2.75) is 47.2 Å². The van der Waals surface area contributed by atoms with Crippen LogP contribution in [0, 0.1) is 12.8 Å². The van der Waals surface area contributed by atoms with Crippen LogP contribution >= 0.6 is 0 Å². The van der Waals surface area contributed by atoms with Gasteiger partial charge in [-0.25, -0.2) is 0 Å². The summed E-state index contributed by atoms with van der Waals surface area (Å²) in [4.78, 5) is 12.2. The van der Waals surface area contributed by atoms with E-state index in [-0.39, 0.29) is 5.56 Å². The van der Waals surface area contributed by atoms with E-state index in [1.807, 2.05) is 23.6 Å². The number of aromatic nitrogens is 1. The minimum Gasteiger partial charge on any atom is -0.313 e. The molecule has 0 aliphatic carbocycles. The van der Waals surface area contributed by atoms with Gasteiger partial charge in [0, 0.05) is 24.3 Å². The van der Waals surface area contributed by atoms with Crippen molar-refractivity contribution in [2.75, 3.05) is 6.54 Å². The summed E-state index contributed by atoms with van der Waals surface area (Å²) in [5.74, 6) is 0.610. The first kappa shape index (κ1) is 14.0. The average molecular weight is 236 g/mol. The Balaban J connectivity index is 2.80. The summed E-state index contributed by atoms with van der Waals surface area (Å²) in [7, 11) is 0. The molecule has 96 valence electrons. The Morgan fingerprint density at radius 1 is 1.35 bits per heavy atom. The van der Waals surface area contributed by atoms with Crippen molar-refractivity contribution in [3.8, 4) is 0 Å². The zero-order valence-corrected chi connectivity index (χ0v) is 11.4. The van der Waals surface area contributed by atoms with Crippen LogP contribution in [0.1, 0.15) is 38.4 Å². The van der Waals surface area contributed by atoms with Crippen LogP contribution in [0.3, 0.4) is 0 Å². The fourth-order valence-corrected chi connectivity index (χ4v) is 1.85. The maximum atomic E-state index is 12.2. The van der Waals surface area contributed by atoms with Crippen molar-refractivity contribution in [1.29, 1.82) is 0 Å². The summed E-state index contributed by atoms with van der Waals surface area (Å²) in [6.45, 7) is 10.8. The fraction of sp³-hybridized carbons (Fsp3) is 0.643. The van der Waals surface area contributed by atoms with Gasteiger partial charge < -0.3 is 9.88 Å². The SMILES string of the molecule is CCCn1c(C)ccc(CNCC(C)C)c1=O. The van der Waals surface area contributed by atoms with Gasteiger partial charge in [0.15, 0.2) is 0 Å². The molecule has 0 saturated carbocycles. The Morgan fingerprint density at radius 3 is 2.65 bits per heavy atom. The Bertz CT molecular complexity index is 407. The van der Waals surface area contributed by atoms with Crippen molar-refractivity contribution in [2.24, 2.45) is 5.92 Å². The van der Waals surface area contributed by atoms with E-state index in [4.69, 9.17) is 0 Å². The Morgan fingerprint density at radius 2 is 2.06 bits per heavy atom. The molecule has 0 saturated heterocycles. The number of rotatable bonds is 6. The first-order chi connectivity index (χ1) is 8.06. The van der Waals surface area contributed by atoms with Crippen LogP contribution in [0.2, 0.25) is 0 Å². The van der Waals surface area contributed by atoms with Crippen molar-refractivity contribution < 1.29 is 0 Å². The number of nitrogens with zero attached hydrogens (tertiary/aromatic N) is 1. The van der Waals surface area contributed by atoms with Gasteiger partial charge in [0.05, 0.1) is 0 Å². The molecule has 0 bridgehead atoms. The topological polar surface area (TPSA) is 34.0 Å². The number of hydrogen-bond donors (Lipinski definition) is 1. The largest absolute Gasteiger partial charge is 0.313 e. The fourth-order valence-electron chi connectivity index (χ4n) is 1.85. The first-order valence-corrected chi connectivity index (χ1v) is 6.46. The van der Waals surface area contributed by atoms with Gasteiger partial charge >= 0.3 is 0 Å². The summed E-state index contributed by atoms with van der Waals surface area (Å²) in [5, 5.41) is 3.32. The van der Waals surface area contributed by atoms with Crippen LogP contribution in [0.15, 0.2) is 16.9 Å². The summed E-state index contributed by atoms with van der Waals surface area (Å²) >= 11 is 0. The van der Waals surface area contributed by atoms with E-state index in [9.17, 15) is 4.79 Å². The molecule has 17 heavy (non-hydrogen) atoms. The van der Waals surface area contributed by atoms with E-state index in [1.165, 1.54) is 0 Å². The highest BCUT2D eigenvalue weighted by Gasteiger charge is 2.05. The second kappa shape index (κ2) is 6.60. The lowest BCUT2D eigenvalue weighted by molar-refractivity contribution is 0.545. The second-order valence-electron chi connectivity index (χ2n) is 4.98. The molecule has 0 amide bonds. The molecule has 3 nitrogen and oxygen atoms in total. The molecule has 0 aromatic carbocycles. The molecular formula is C14H24N2O. The summed E-state index contributed by atoms with van der Waals surface area (Å²) in [5.41, 5.74) is 2.07. The Labute approximate surface area is 104 Å². The highest BCUT2D eigenvalue weighted by molar-refractivity contribution is 5.15. The molecule has 0 atom stereocenters. The van der Waals surface area contributed by atoms with E-state index >= 15 is 0 Å². The van der Waals surface area contributed by atoms with Crippen LogP contribution in [-0.2, 0) is 13.1 Å². The molecule has 1 aromatic rings. The van der Waals surface area contributed by atoms with E-state index in [0.717, 1.165) is 30.8 Å². The minimum atomic E-state index is 0.156. The zero-order chi connectivity index (χ0) is 12.8. The minimum absolute atomic E-state index is 0.156. The van der Waals surface area contributed by atoms with Crippen LogP contribution in [0.5, 0.6) is 0 Å². The third-order valence-electron chi connectivity index (χ3n) is 2.79.